The number of sulfonamides is 1. The van der Waals surface area contributed by atoms with Crippen LogP contribution in [0.15, 0.2) is 35.4 Å². The maximum atomic E-state index is 13.4. The number of pyridine rings is 1. The van der Waals surface area contributed by atoms with Gasteiger partial charge in [0.1, 0.15) is 10.6 Å². The van der Waals surface area contributed by atoms with Crippen LogP contribution in [-0.2, 0) is 10.0 Å². The van der Waals surface area contributed by atoms with Gasteiger partial charge in [0, 0.05) is 6.04 Å². The fraction of sp³-hybridized carbons (Fsp3) is 0.417. The van der Waals surface area contributed by atoms with E-state index in [2.05, 4.69) is 15.0 Å². The first-order chi connectivity index (χ1) is 16.3. The van der Waals surface area contributed by atoms with Gasteiger partial charge in [0.2, 0.25) is 5.95 Å². The minimum Gasteiger partial charge on any atom is -0.495 e. The maximum absolute atomic E-state index is 13.4. The van der Waals surface area contributed by atoms with E-state index in [0.717, 1.165) is 40.3 Å². The number of anilines is 2. The SMILES string of the molecule is COc1ccc(-c2sc(NC3CCCCCC3)nc2C)cc1S(=O)(=O)Nc1cnc(F)cc1C. The van der Waals surface area contributed by atoms with Crippen LogP contribution in [0.4, 0.5) is 15.2 Å². The van der Waals surface area contributed by atoms with Crippen LogP contribution < -0.4 is 14.8 Å². The highest BCUT2D eigenvalue weighted by Crippen LogP contribution is 2.37. The first-order valence-corrected chi connectivity index (χ1v) is 13.6. The number of nitrogens with one attached hydrogen (secondary N) is 2. The summed E-state index contributed by atoms with van der Waals surface area (Å²) in [6.45, 7) is 3.54. The molecule has 0 saturated heterocycles. The van der Waals surface area contributed by atoms with Crippen molar-refractivity contribution in [3.8, 4) is 16.2 Å². The van der Waals surface area contributed by atoms with Crippen molar-refractivity contribution in [2.75, 3.05) is 17.1 Å². The van der Waals surface area contributed by atoms with Gasteiger partial charge in [-0.2, -0.15) is 4.39 Å². The highest BCUT2D eigenvalue weighted by Gasteiger charge is 2.23. The Morgan fingerprint density at radius 3 is 2.53 bits per heavy atom. The molecule has 10 heteroatoms. The molecule has 1 saturated carbocycles. The zero-order chi connectivity index (χ0) is 24.3. The van der Waals surface area contributed by atoms with Gasteiger partial charge in [0.25, 0.3) is 10.0 Å². The lowest BCUT2D eigenvalue weighted by atomic mass is 10.1. The second kappa shape index (κ2) is 10.3. The Labute approximate surface area is 203 Å². The lowest BCUT2D eigenvalue weighted by molar-refractivity contribution is 0.403. The molecule has 0 aliphatic heterocycles. The van der Waals surface area contributed by atoms with Gasteiger partial charge in [-0.05, 0) is 62.1 Å². The molecule has 0 amide bonds. The Morgan fingerprint density at radius 1 is 1.12 bits per heavy atom. The lowest BCUT2D eigenvalue weighted by Crippen LogP contribution is -2.17. The van der Waals surface area contributed by atoms with E-state index >= 15 is 0 Å². The number of ether oxygens (including phenoxy) is 1. The molecule has 0 bridgehead atoms. The van der Waals surface area contributed by atoms with E-state index in [1.54, 1.807) is 19.1 Å². The highest BCUT2D eigenvalue weighted by molar-refractivity contribution is 7.92. The third-order valence-electron chi connectivity index (χ3n) is 6.02. The van der Waals surface area contributed by atoms with Crippen molar-refractivity contribution in [2.24, 2.45) is 0 Å². The van der Waals surface area contributed by atoms with Crippen molar-refractivity contribution in [1.29, 1.82) is 0 Å². The van der Waals surface area contributed by atoms with Crippen molar-refractivity contribution in [2.45, 2.75) is 63.3 Å². The van der Waals surface area contributed by atoms with Crippen molar-refractivity contribution < 1.29 is 17.5 Å². The number of hydrogen-bond donors (Lipinski definition) is 2. The molecule has 7 nitrogen and oxygen atoms in total. The Kier molecular flexibility index (Phi) is 7.37. The summed E-state index contributed by atoms with van der Waals surface area (Å²) in [5, 5.41) is 4.43. The van der Waals surface area contributed by atoms with Gasteiger partial charge >= 0.3 is 0 Å². The van der Waals surface area contributed by atoms with Gasteiger partial charge in [-0.15, -0.1) is 0 Å². The molecule has 4 rings (SSSR count). The number of methoxy groups -OCH3 is 1. The first kappa shape index (κ1) is 24.4. The quantitative estimate of drug-likeness (QED) is 0.307. The maximum Gasteiger partial charge on any atom is 0.265 e. The highest BCUT2D eigenvalue weighted by atomic mass is 32.2. The summed E-state index contributed by atoms with van der Waals surface area (Å²) in [5.41, 5.74) is 2.21. The second-order valence-electron chi connectivity index (χ2n) is 8.56. The molecule has 182 valence electrons. The summed E-state index contributed by atoms with van der Waals surface area (Å²) >= 11 is 1.52. The molecule has 2 aromatic heterocycles. The normalized spacial score (nSPS) is 15.1. The molecular weight excluding hydrogens is 475 g/mol. The molecule has 0 radical (unpaired) electrons. The molecule has 0 spiro atoms. The molecule has 3 aromatic rings. The van der Waals surface area contributed by atoms with Crippen LogP contribution in [0.5, 0.6) is 5.75 Å². The van der Waals surface area contributed by atoms with Crippen LogP contribution >= 0.6 is 11.3 Å². The van der Waals surface area contributed by atoms with E-state index in [9.17, 15) is 12.8 Å². The summed E-state index contributed by atoms with van der Waals surface area (Å²) in [5.74, 6) is -0.461. The summed E-state index contributed by atoms with van der Waals surface area (Å²) in [6.07, 6.45) is 8.47. The average Bonchev–Trinajstić information content (AvgIpc) is 2.98. The predicted octanol–water partition coefficient (Wildman–Crippen LogP) is 5.91. The summed E-state index contributed by atoms with van der Waals surface area (Å²) in [7, 11) is -2.60. The minimum absolute atomic E-state index is 0.0118. The van der Waals surface area contributed by atoms with E-state index in [1.807, 2.05) is 13.0 Å². The summed E-state index contributed by atoms with van der Waals surface area (Å²) < 4.78 is 47.7. The molecule has 2 N–H and O–H groups in total. The largest absolute Gasteiger partial charge is 0.495 e. The van der Waals surface area contributed by atoms with Crippen LogP contribution in [0.2, 0.25) is 0 Å². The number of aryl methyl sites for hydroxylation is 2. The monoisotopic (exact) mass is 504 g/mol. The van der Waals surface area contributed by atoms with Crippen LogP contribution in [0.25, 0.3) is 10.4 Å². The van der Waals surface area contributed by atoms with Gasteiger partial charge in [-0.3, -0.25) is 4.72 Å². The van der Waals surface area contributed by atoms with Crippen LogP contribution in [-0.4, -0.2) is 31.5 Å². The van der Waals surface area contributed by atoms with E-state index in [0.29, 0.717) is 11.6 Å². The lowest BCUT2D eigenvalue weighted by Gasteiger charge is -2.15. The first-order valence-electron chi connectivity index (χ1n) is 11.3. The summed E-state index contributed by atoms with van der Waals surface area (Å²) in [4.78, 5) is 9.14. The van der Waals surface area contributed by atoms with Gasteiger partial charge in [0.15, 0.2) is 5.13 Å². The molecule has 1 aromatic carbocycles. The standard InChI is InChI=1S/C24H29FN4O3S2/c1-15-12-22(25)26-14-19(15)29-34(30,31)21-13-17(10-11-20(21)32-3)23-16(2)27-24(33-23)28-18-8-6-4-5-7-9-18/h10-14,18,29H,4-9H2,1-3H3,(H,27,28). The van der Waals surface area contributed by atoms with E-state index < -0.39 is 16.0 Å². The molecule has 1 fully saturated rings. The topological polar surface area (TPSA) is 93.2 Å². The third-order valence-corrected chi connectivity index (χ3v) is 8.54. The molecule has 34 heavy (non-hydrogen) atoms. The Hall–Kier alpha value is -2.72. The zero-order valence-corrected chi connectivity index (χ0v) is 21.2. The average molecular weight is 505 g/mol. The number of thiazole rings is 1. The second-order valence-corrected chi connectivity index (χ2v) is 11.2. The van der Waals surface area contributed by atoms with Crippen LogP contribution in [0.1, 0.15) is 49.8 Å². The number of benzene rings is 1. The summed E-state index contributed by atoms with van der Waals surface area (Å²) in [6, 6.07) is 6.65. The van der Waals surface area contributed by atoms with Gasteiger partial charge in [-0.1, -0.05) is 37.0 Å². The number of aromatic nitrogens is 2. The molecule has 1 aliphatic rings. The molecule has 1 aliphatic carbocycles. The van der Waals surface area contributed by atoms with Crippen LogP contribution in [0.3, 0.4) is 0 Å². The minimum atomic E-state index is -4.02. The Bertz CT molecular complexity index is 1270. The number of nitrogens with zero attached hydrogens (tertiary/aromatic N) is 2. The number of rotatable bonds is 7. The van der Waals surface area contributed by atoms with Gasteiger partial charge in [-0.25, -0.2) is 18.4 Å². The van der Waals surface area contributed by atoms with Gasteiger partial charge in [0.05, 0.1) is 29.6 Å². The molecule has 2 heterocycles. The fourth-order valence-electron chi connectivity index (χ4n) is 4.18. The Morgan fingerprint density at radius 2 is 1.85 bits per heavy atom. The predicted molar refractivity (Wildman–Crippen MR) is 134 cm³/mol. The number of halogens is 1. The third kappa shape index (κ3) is 5.50. The van der Waals surface area contributed by atoms with Crippen molar-refractivity contribution in [3.05, 3.63) is 47.7 Å². The molecule has 0 atom stereocenters. The van der Waals surface area contributed by atoms with Crippen molar-refractivity contribution in [3.63, 3.8) is 0 Å². The van der Waals surface area contributed by atoms with E-state index in [1.165, 1.54) is 50.2 Å². The van der Waals surface area contributed by atoms with E-state index in [-0.39, 0.29) is 16.3 Å². The fourth-order valence-corrected chi connectivity index (χ4v) is 6.53. The van der Waals surface area contributed by atoms with Crippen molar-refractivity contribution >= 4 is 32.2 Å². The molecular formula is C24H29FN4O3S2. The number of hydrogen-bond acceptors (Lipinski definition) is 7. The van der Waals surface area contributed by atoms with Crippen molar-refractivity contribution in [1.82, 2.24) is 9.97 Å². The zero-order valence-electron chi connectivity index (χ0n) is 19.5. The molecule has 0 unspecified atom stereocenters. The van der Waals surface area contributed by atoms with E-state index in [4.69, 9.17) is 9.72 Å². The van der Waals surface area contributed by atoms with Crippen LogP contribution in [0, 0.1) is 19.8 Å². The Balaban J connectivity index is 1.64. The smallest absolute Gasteiger partial charge is 0.265 e. The van der Waals surface area contributed by atoms with Gasteiger partial charge < -0.3 is 10.1 Å².